The summed E-state index contributed by atoms with van der Waals surface area (Å²) in [5.41, 5.74) is 7.41. The molecule has 5 nitrogen and oxygen atoms in total. The first-order valence-corrected chi connectivity index (χ1v) is 7.17. The summed E-state index contributed by atoms with van der Waals surface area (Å²) in [6.45, 7) is 2.07. The van der Waals surface area contributed by atoms with E-state index in [1.807, 2.05) is 18.2 Å². The Morgan fingerprint density at radius 3 is 2.75 bits per heavy atom. The number of nitrogens with two attached hydrogens (primary N) is 1. The second kappa shape index (κ2) is 6.38. The van der Waals surface area contributed by atoms with Gasteiger partial charge in [-0.25, -0.2) is 0 Å². The number of hydrogen-bond acceptors (Lipinski definition) is 5. The van der Waals surface area contributed by atoms with Crippen LogP contribution in [0.5, 0.6) is 0 Å². The molecule has 1 aromatic carbocycles. The van der Waals surface area contributed by atoms with Gasteiger partial charge >= 0.3 is 0 Å². The van der Waals surface area contributed by atoms with Crippen molar-refractivity contribution in [1.82, 2.24) is 9.69 Å². The number of hydrogen-bond donors (Lipinski definition) is 3. The molecule has 0 aliphatic rings. The number of benzene rings is 1. The number of carbonyl (C=O) groups excluding carboxylic acids is 1. The molecule has 0 saturated heterocycles. The average molecular weight is 290 g/mol. The van der Waals surface area contributed by atoms with E-state index < -0.39 is 0 Å². The Morgan fingerprint density at radius 2 is 2.10 bits per heavy atom. The van der Waals surface area contributed by atoms with Gasteiger partial charge in [0.2, 0.25) is 0 Å². The van der Waals surface area contributed by atoms with Crippen molar-refractivity contribution in [1.29, 1.82) is 0 Å². The Hall–Kier alpha value is -2.08. The van der Waals surface area contributed by atoms with Crippen LogP contribution in [0.4, 0.5) is 10.8 Å². The Balaban J connectivity index is 2.08. The molecule has 20 heavy (non-hydrogen) atoms. The summed E-state index contributed by atoms with van der Waals surface area (Å²) in [6.07, 6.45) is 0.867. The lowest BCUT2D eigenvalue weighted by atomic mass is 10.1. The third-order valence-corrected chi connectivity index (χ3v) is 3.73. The number of carbonyl (C=O) groups is 1. The molecule has 6 heteroatoms. The first-order chi connectivity index (χ1) is 9.61. The number of amides is 1. The maximum absolute atomic E-state index is 11.8. The van der Waals surface area contributed by atoms with Crippen molar-refractivity contribution < 1.29 is 4.79 Å². The number of anilines is 2. The van der Waals surface area contributed by atoms with E-state index in [2.05, 4.69) is 34.1 Å². The minimum Gasteiger partial charge on any atom is -0.382 e. The molecule has 1 aromatic heterocycles. The van der Waals surface area contributed by atoms with Crippen LogP contribution < -0.4 is 16.4 Å². The zero-order chi connectivity index (χ0) is 14.5. The van der Waals surface area contributed by atoms with Crippen LogP contribution in [0.3, 0.4) is 0 Å². The minimum absolute atomic E-state index is 0.181. The molecule has 1 unspecified atom stereocenters. The minimum atomic E-state index is -0.217. The third-order valence-electron chi connectivity index (χ3n) is 2.93. The van der Waals surface area contributed by atoms with Gasteiger partial charge in [-0.1, -0.05) is 30.3 Å². The molecular weight excluding hydrogens is 272 g/mol. The molecule has 0 spiro atoms. The number of aromatic nitrogens is 1. The Labute approximate surface area is 122 Å². The average Bonchev–Trinajstić information content (AvgIpc) is 2.80. The largest absolute Gasteiger partial charge is 0.382 e. The zero-order valence-corrected chi connectivity index (χ0v) is 12.3. The van der Waals surface area contributed by atoms with Crippen LogP contribution in [-0.2, 0) is 6.42 Å². The first kappa shape index (κ1) is 14.3. The van der Waals surface area contributed by atoms with E-state index in [0.29, 0.717) is 10.6 Å². The van der Waals surface area contributed by atoms with E-state index in [9.17, 15) is 4.79 Å². The fourth-order valence-electron chi connectivity index (χ4n) is 1.99. The molecule has 1 heterocycles. The lowest BCUT2D eigenvalue weighted by Crippen LogP contribution is -2.23. The van der Waals surface area contributed by atoms with Crippen molar-refractivity contribution in [2.45, 2.75) is 19.4 Å². The van der Waals surface area contributed by atoms with E-state index in [4.69, 9.17) is 5.73 Å². The summed E-state index contributed by atoms with van der Waals surface area (Å²) < 4.78 is 4.04. The van der Waals surface area contributed by atoms with E-state index in [0.717, 1.165) is 6.42 Å². The van der Waals surface area contributed by atoms with Crippen LogP contribution in [-0.4, -0.2) is 23.4 Å². The van der Waals surface area contributed by atoms with E-state index in [1.54, 1.807) is 7.05 Å². The van der Waals surface area contributed by atoms with Gasteiger partial charge in [0.25, 0.3) is 5.91 Å². The normalized spacial score (nSPS) is 11.9. The van der Waals surface area contributed by atoms with Crippen LogP contribution in [0.2, 0.25) is 0 Å². The van der Waals surface area contributed by atoms with Crippen molar-refractivity contribution in [2.24, 2.45) is 0 Å². The van der Waals surface area contributed by atoms with E-state index in [-0.39, 0.29) is 17.8 Å². The lowest BCUT2D eigenvalue weighted by Gasteiger charge is -2.14. The maximum atomic E-state index is 11.8. The summed E-state index contributed by atoms with van der Waals surface area (Å²) in [4.78, 5) is 11.8. The monoisotopic (exact) mass is 290 g/mol. The van der Waals surface area contributed by atoms with Crippen LogP contribution in [0.15, 0.2) is 30.3 Å². The first-order valence-electron chi connectivity index (χ1n) is 6.39. The molecule has 0 aliphatic heterocycles. The maximum Gasteiger partial charge on any atom is 0.257 e. The van der Waals surface area contributed by atoms with Gasteiger partial charge in [0, 0.05) is 13.1 Å². The highest BCUT2D eigenvalue weighted by Gasteiger charge is 2.19. The highest BCUT2D eigenvalue weighted by molar-refractivity contribution is 7.11. The van der Waals surface area contributed by atoms with Gasteiger partial charge in [-0.05, 0) is 30.4 Å². The van der Waals surface area contributed by atoms with Crippen molar-refractivity contribution in [2.75, 3.05) is 18.1 Å². The van der Waals surface area contributed by atoms with Crippen molar-refractivity contribution >= 4 is 28.3 Å². The van der Waals surface area contributed by atoms with Crippen molar-refractivity contribution in [3.8, 4) is 0 Å². The van der Waals surface area contributed by atoms with Gasteiger partial charge in [0.05, 0.1) is 0 Å². The SMILES string of the molecule is CNC(=O)c1c(N)nsc1NC(C)Cc1ccccc1. The van der Waals surface area contributed by atoms with E-state index in [1.165, 1.54) is 17.1 Å². The van der Waals surface area contributed by atoms with Gasteiger partial charge in [0.15, 0.2) is 5.82 Å². The van der Waals surface area contributed by atoms with Gasteiger partial charge < -0.3 is 16.4 Å². The molecular formula is C14H18N4OS. The van der Waals surface area contributed by atoms with Gasteiger partial charge in [-0.2, -0.15) is 4.37 Å². The molecule has 2 aromatic rings. The number of nitrogens with one attached hydrogen (secondary N) is 2. The lowest BCUT2D eigenvalue weighted by molar-refractivity contribution is 0.0965. The standard InChI is InChI=1S/C14H18N4OS/c1-9(8-10-6-4-3-5-7-10)17-14-11(13(19)16-2)12(15)18-20-14/h3-7,9,17H,8H2,1-2H3,(H2,15,18)(H,16,19). The number of nitrogen functional groups attached to an aromatic ring is 1. The molecule has 0 aliphatic carbocycles. The highest BCUT2D eigenvalue weighted by atomic mass is 32.1. The predicted molar refractivity (Wildman–Crippen MR) is 83.1 cm³/mol. The molecule has 0 saturated carbocycles. The molecule has 106 valence electrons. The van der Waals surface area contributed by atoms with Crippen LogP contribution >= 0.6 is 11.5 Å². The van der Waals surface area contributed by atoms with Crippen molar-refractivity contribution in [3.63, 3.8) is 0 Å². The number of nitrogens with zero attached hydrogens (tertiary/aromatic N) is 1. The second-order valence-electron chi connectivity index (χ2n) is 4.59. The summed E-state index contributed by atoms with van der Waals surface area (Å²) in [5, 5.41) is 6.60. The van der Waals surface area contributed by atoms with Gasteiger partial charge in [-0.15, -0.1) is 0 Å². The smallest absolute Gasteiger partial charge is 0.257 e. The molecule has 0 bridgehead atoms. The third kappa shape index (κ3) is 3.27. The molecule has 4 N–H and O–H groups in total. The molecule has 0 fully saturated rings. The number of rotatable bonds is 5. The highest BCUT2D eigenvalue weighted by Crippen LogP contribution is 2.27. The Bertz CT molecular complexity index is 582. The Morgan fingerprint density at radius 1 is 1.40 bits per heavy atom. The summed E-state index contributed by atoms with van der Waals surface area (Å²) in [7, 11) is 1.58. The van der Waals surface area contributed by atoms with Crippen LogP contribution in [0.1, 0.15) is 22.8 Å². The fourth-order valence-corrected chi connectivity index (χ4v) is 2.81. The second-order valence-corrected chi connectivity index (χ2v) is 5.36. The van der Waals surface area contributed by atoms with Crippen LogP contribution in [0, 0.1) is 0 Å². The van der Waals surface area contributed by atoms with Crippen LogP contribution in [0.25, 0.3) is 0 Å². The van der Waals surface area contributed by atoms with Gasteiger partial charge in [-0.3, -0.25) is 4.79 Å². The predicted octanol–water partition coefficient (Wildman–Crippen LogP) is 2.13. The summed E-state index contributed by atoms with van der Waals surface area (Å²) >= 11 is 1.21. The van der Waals surface area contributed by atoms with Gasteiger partial charge in [0.1, 0.15) is 10.6 Å². The topological polar surface area (TPSA) is 80.0 Å². The molecule has 1 atom stereocenters. The summed E-state index contributed by atoms with van der Waals surface area (Å²) in [6, 6.07) is 10.4. The molecule has 0 radical (unpaired) electrons. The zero-order valence-electron chi connectivity index (χ0n) is 11.5. The molecule has 2 rings (SSSR count). The summed E-state index contributed by atoms with van der Waals surface area (Å²) in [5.74, 6) is 0.0504. The fraction of sp³-hybridized carbons (Fsp3) is 0.286. The van der Waals surface area contributed by atoms with Crippen molar-refractivity contribution in [3.05, 3.63) is 41.5 Å². The quantitative estimate of drug-likeness (QED) is 0.788. The Kier molecular flexibility index (Phi) is 4.57. The van der Waals surface area contributed by atoms with E-state index >= 15 is 0 Å². The molecule has 1 amide bonds.